The molecular weight excluding hydrogens is 413 g/mol. The van der Waals surface area contributed by atoms with Crippen molar-refractivity contribution in [1.82, 2.24) is 5.16 Å². The average molecular weight is 426 g/mol. The molecule has 0 aliphatic carbocycles. The fourth-order valence-corrected chi connectivity index (χ4v) is 3.14. The van der Waals surface area contributed by atoms with Crippen molar-refractivity contribution < 1.29 is 17.7 Å². The van der Waals surface area contributed by atoms with Crippen molar-refractivity contribution >= 4 is 50.5 Å². The van der Waals surface area contributed by atoms with Gasteiger partial charge in [-0.3, -0.25) is 9.52 Å². The third-order valence-corrected chi connectivity index (χ3v) is 4.54. The Bertz CT molecular complexity index is 1110. The van der Waals surface area contributed by atoms with Crippen LogP contribution < -0.4 is 10.0 Å². The van der Waals surface area contributed by atoms with Crippen LogP contribution in [0.4, 0.5) is 11.4 Å². The predicted octanol–water partition coefficient (Wildman–Crippen LogP) is 4.27. The quantitative estimate of drug-likeness (QED) is 0.635. The maximum Gasteiger partial charge on any atom is 0.277 e. The van der Waals surface area contributed by atoms with Crippen molar-refractivity contribution in [1.29, 1.82) is 0 Å². The van der Waals surface area contributed by atoms with E-state index < -0.39 is 15.9 Å². The van der Waals surface area contributed by atoms with Gasteiger partial charge < -0.3 is 9.84 Å². The number of hydrogen-bond acceptors (Lipinski definition) is 5. The molecule has 0 aliphatic heterocycles. The Morgan fingerprint density at radius 2 is 1.89 bits per heavy atom. The van der Waals surface area contributed by atoms with Crippen LogP contribution in [-0.4, -0.2) is 25.7 Å². The van der Waals surface area contributed by atoms with E-state index in [1.54, 1.807) is 36.4 Å². The second-order valence-electron chi connectivity index (χ2n) is 5.61. The van der Waals surface area contributed by atoms with E-state index >= 15 is 0 Å². The molecule has 0 aliphatic rings. The third-order valence-electron chi connectivity index (χ3n) is 3.37. The van der Waals surface area contributed by atoms with Gasteiger partial charge in [-0.15, -0.1) is 0 Å². The van der Waals surface area contributed by atoms with Gasteiger partial charge in [0, 0.05) is 22.3 Å². The molecule has 0 spiro atoms. The van der Waals surface area contributed by atoms with Gasteiger partial charge in [0.25, 0.3) is 5.91 Å². The number of hydrogen-bond donors (Lipinski definition) is 2. The van der Waals surface area contributed by atoms with Crippen molar-refractivity contribution in [3.05, 3.63) is 64.3 Å². The molecule has 7 nitrogen and oxygen atoms in total. The molecule has 10 heteroatoms. The molecule has 0 atom stereocenters. The fourth-order valence-electron chi connectivity index (χ4n) is 2.25. The minimum atomic E-state index is -3.41. The van der Waals surface area contributed by atoms with Crippen LogP contribution in [0.3, 0.4) is 0 Å². The predicted molar refractivity (Wildman–Crippen MR) is 105 cm³/mol. The van der Waals surface area contributed by atoms with Gasteiger partial charge in [-0.05, 0) is 30.3 Å². The van der Waals surface area contributed by atoms with Gasteiger partial charge in [-0.25, -0.2) is 8.42 Å². The third kappa shape index (κ3) is 5.00. The lowest BCUT2D eigenvalue weighted by Gasteiger charge is -2.05. The van der Waals surface area contributed by atoms with E-state index in [0.717, 1.165) is 6.26 Å². The minimum absolute atomic E-state index is 0.0301. The number of carbonyl (C=O) groups is 1. The van der Waals surface area contributed by atoms with Crippen LogP contribution in [0.5, 0.6) is 0 Å². The van der Waals surface area contributed by atoms with E-state index in [4.69, 9.17) is 27.7 Å². The Kier molecular flexibility index (Phi) is 5.41. The van der Waals surface area contributed by atoms with E-state index in [0.29, 0.717) is 32.7 Å². The van der Waals surface area contributed by atoms with Gasteiger partial charge >= 0.3 is 0 Å². The molecule has 140 valence electrons. The first-order valence-corrected chi connectivity index (χ1v) is 10.2. The maximum absolute atomic E-state index is 12.3. The Hall–Kier alpha value is -2.55. The number of halogens is 2. The molecule has 1 heterocycles. The molecule has 0 radical (unpaired) electrons. The molecule has 1 aromatic heterocycles. The summed E-state index contributed by atoms with van der Waals surface area (Å²) in [5.74, 6) is -0.228. The molecule has 27 heavy (non-hydrogen) atoms. The first-order valence-electron chi connectivity index (χ1n) is 7.52. The summed E-state index contributed by atoms with van der Waals surface area (Å²) in [6, 6.07) is 12.6. The lowest BCUT2D eigenvalue weighted by Crippen LogP contribution is -2.12. The molecule has 0 fully saturated rings. The zero-order valence-electron chi connectivity index (χ0n) is 13.9. The molecule has 3 aromatic rings. The van der Waals surface area contributed by atoms with Gasteiger partial charge in [0.2, 0.25) is 10.0 Å². The maximum atomic E-state index is 12.3. The topological polar surface area (TPSA) is 101 Å². The number of nitrogens with one attached hydrogen (secondary N) is 2. The number of aromatic nitrogens is 1. The standard InChI is InChI=1S/C17H13Cl2N3O4S/c1-27(24,25)22-12-4-2-3-10(7-12)16-9-15(21-26-16)17(23)20-14-8-11(18)5-6-13(14)19/h2-9,22H,1H3,(H,20,23). The van der Waals surface area contributed by atoms with Crippen LogP contribution in [0, 0.1) is 0 Å². The molecule has 0 unspecified atom stereocenters. The van der Waals surface area contributed by atoms with Gasteiger partial charge in [0.1, 0.15) is 0 Å². The summed E-state index contributed by atoms with van der Waals surface area (Å²) >= 11 is 11.9. The SMILES string of the molecule is CS(=O)(=O)Nc1cccc(-c2cc(C(=O)Nc3cc(Cl)ccc3Cl)no2)c1. The smallest absolute Gasteiger partial charge is 0.277 e. The van der Waals surface area contributed by atoms with Crippen LogP contribution in [0.1, 0.15) is 10.5 Å². The number of sulfonamides is 1. The van der Waals surface area contributed by atoms with E-state index in [9.17, 15) is 13.2 Å². The Labute approximate surface area is 165 Å². The number of anilines is 2. The fraction of sp³-hybridized carbons (Fsp3) is 0.0588. The largest absolute Gasteiger partial charge is 0.355 e. The van der Waals surface area contributed by atoms with Crippen molar-refractivity contribution in [3.8, 4) is 11.3 Å². The number of benzene rings is 2. The first kappa shape index (κ1) is 19.2. The lowest BCUT2D eigenvalue weighted by atomic mass is 10.1. The summed E-state index contributed by atoms with van der Waals surface area (Å²) in [4.78, 5) is 12.3. The van der Waals surface area contributed by atoms with E-state index in [2.05, 4.69) is 15.2 Å². The first-order chi connectivity index (χ1) is 12.7. The van der Waals surface area contributed by atoms with Crippen molar-refractivity contribution in [3.63, 3.8) is 0 Å². The lowest BCUT2D eigenvalue weighted by molar-refractivity contribution is 0.101. The van der Waals surface area contributed by atoms with Crippen LogP contribution in [0.15, 0.2) is 53.1 Å². The second kappa shape index (κ2) is 7.59. The van der Waals surface area contributed by atoms with Gasteiger partial charge in [-0.2, -0.15) is 0 Å². The Morgan fingerprint density at radius 3 is 2.63 bits per heavy atom. The second-order valence-corrected chi connectivity index (χ2v) is 8.20. The zero-order chi connectivity index (χ0) is 19.6. The molecule has 1 amide bonds. The molecule has 3 rings (SSSR count). The zero-order valence-corrected chi connectivity index (χ0v) is 16.2. The molecule has 0 bridgehead atoms. The molecule has 2 aromatic carbocycles. The Balaban J connectivity index is 1.81. The average Bonchev–Trinajstić information content (AvgIpc) is 3.07. The summed E-state index contributed by atoms with van der Waals surface area (Å²) < 4.78 is 30.3. The number of amides is 1. The monoisotopic (exact) mass is 425 g/mol. The van der Waals surface area contributed by atoms with Crippen molar-refractivity contribution in [2.45, 2.75) is 0 Å². The normalized spacial score (nSPS) is 11.2. The van der Waals surface area contributed by atoms with E-state index in [-0.39, 0.29) is 5.69 Å². The highest BCUT2D eigenvalue weighted by Crippen LogP contribution is 2.27. The summed E-state index contributed by atoms with van der Waals surface area (Å²) in [5.41, 5.74) is 1.29. The van der Waals surface area contributed by atoms with Crippen LogP contribution >= 0.6 is 23.2 Å². The highest BCUT2D eigenvalue weighted by Gasteiger charge is 2.16. The minimum Gasteiger partial charge on any atom is -0.355 e. The summed E-state index contributed by atoms with van der Waals surface area (Å²) in [6.07, 6.45) is 1.05. The summed E-state index contributed by atoms with van der Waals surface area (Å²) in [7, 11) is -3.41. The molecule has 0 saturated carbocycles. The van der Waals surface area contributed by atoms with Crippen molar-refractivity contribution in [2.75, 3.05) is 16.3 Å². The number of nitrogens with zero attached hydrogens (tertiary/aromatic N) is 1. The van der Waals surface area contributed by atoms with Crippen LogP contribution in [0.25, 0.3) is 11.3 Å². The van der Waals surface area contributed by atoms with Gasteiger partial charge in [0.05, 0.1) is 17.0 Å². The van der Waals surface area contributed by atoms with Gasteiger partial charge in [0.15, 0.2) is 11.5 Å². The molecular formula is C17H13Cl2N3O4S. The molecule has 2 N–H and O–H groups in total. The Morgan fingerprint density at radius 1 is 1.11 bits per heavy atom. The van der Waals surface area contributed by atoms with Crippen LogP contribution in [0.2, 0.25) is 10.0 Å². The number of carbonyl (C=O) groups excluding carboxylic acids is 1. The molecule has 0 saturated heterocycles. The summed E-state index contributed by atoms with van der Waals surface area (Å²) in [5, 5.41) is 7.10. The van der Waals surface area contributed by atoms with Crippen LogP contribution in [-0.2, 0) is 10.0 Å². The summed E-state index contributed by atoms with van der Waals surface area (Å²) in [6.45, 7) is 0. The van der Waals surface area contributed by atoms with Gasteiger partial charge in [-0.1, -0.05) is 40.5 Å². The highest BCUT2D eigenvalue weighted by molar-refractivity contribution is 7.92. The van der Waals surface area contributed by atoms with E-state index in [1.165, 1.54) is 12.1 Å². The number of rotatable bonds is 5. The van der Waals surface area contributed by atoms with Crippen molar-refractivity contribution in [2.24, 2.45) is 0 Å². The van der Waals surface area contributed by atoms with E-state index in [1.807, 2.05) is 0 Å². The highest BCUT2D eigenvalue weighted by atomic mass is 35.5.